The van der Waals surface area contributed by atoms with Crippen LogP contribution in [0.3, 0.4) is 0 Å². The van der Waals surface area contributed by atoms with Gasteiger partial charge in [0.2, 0.25) is 0 Å². The summed E-state index contributed by atoms with van der Waals surface area (Å²) in [5.74, 6) is 1.47. The molecule has 2 aromatic carbocycles. The minimum absolute atomic E-state index is 0.0221. The molecule has 0 aliphatic carbocycles. The van der Waals surface area contributed by atoms with Gasteiger partial charge in [-0.25, -0.2) is 5.43 Å². The van der Waals surface area contributed by atoms with Crippen LogP contribution in [0.5, 0.6) is 17.2 Å². The number of rotatable bonds is 8. The summed E-state index contributed by atoms with van der Waals surface area (Å²) < 4.78 is 16.7. The fourth-order valence-electron chi connectivity index (χ4n) is 2.56. The second kappa shape index (κ2) is 9.96. The molecule has 6 heteroatoms. The predicted octanol–water partition coefficient (Wildman–Crippen LogP) is 4.31. The Balaban J connectivity index is 1.93. The number of methoxy groups -OCH3 is 1. The van der Waals surface area contributed by atoms with Crippen molar-refractivity contribution in [3.63, 3.8) is 0 Å². The quantitative estimate of drug-likeness (QED) is 0.531. The molecule has 0 spiro atoms. The zero-order valence-electron chi connectivity index (χ0n) is 18.0. The van der Waals surface area contributed by atoms with Crippen LogP contribution < -0.4 is 19.6 Å². The molecule has 1 N–H and O–H groups in total. The van der Waals surface area contributed by atoms with Gasteiger partial charge in [0.25, 0.3) is 5.91 Å². The second-order valence-corrected chi connectivity index (χ2v) is 7.90. The normalized spacial score (nSPS) is 11.6. The molecule has 0 aliphatic rings. The van der Waals surface area contributed by atoms with Crippen molar-refractivity contribution in [2.75, 3.05) is 13.7 Å². The lowest BCUT2D eigenvalue weighted by molar-refractivity contribution is -0.123. The Kier molecular flexibility index (Phi) is 7.65. The fraction of sp³-hybridized carbons (Fsp3) is 0.391. The summed E-state index contributed by atoms with van der Waals surface area (Å²) in [5.41, 5.74) is 4.45. The number of benzene rings is 2. The van der Waals surface area contributed by atoms with Crippen molar-refractivity contribution in [1.29, 1.82) is 0 Å². The van der Waals surface area contributed by atoms with Gasteiger partial charge in [-0.15, -0.1) is 0 Å². The second-order valence-electron chi connectivity index (χ2n) is 7.90. The van der Waals surface area contributed by atoms with Crippen LogP contribution in [0, 0.1) is 0 Å². The standard InChI is InChI=1S/C23H30N2O4/c1-16(2)29-22-17(8-7-9-20(22)27-6)14-24-25-21(26)15-28-19-12-10-18(11-13-19)23(3,4)5/h7-14,16H,15H2,1-6H3,(H,25,26)/b24-14-. The lowest BCUT2D eigenvalue weighted by Gasteiger charge is -2.19. The molecule has 2 aromatic rings. The molecule has 0 atom stereocenters. The van der Waals surface area contributed by atoms with Gasteiger partial charge < -0.3 is 14.2 Å². The summed E-state index contributed by atoms with van der Waals surface area (Å²) in [6.45, 7) is 10.2. The van der Waals surface area contributed by atoms with Gasteiger partial charge in [0, 0.05) is 5.56 Å². The highest BCUT2D eigenvalue weighted by Crippen LogP contribution is 2.31. The third-order valence-electron chi connectivity index (χ3n) is 4.07. The van der Waals surface area contributed by atoms with Gasteiger partial charge in [-0.1, -0.05) is 39.0 Å². The van der Waals surface area contributed by atoms with E-state index < -0.39 is 0 Å². The molecule has 6 nitrogen and oxygen atoms in total. The van der Waals surface area contributed by atoms with Crippen LogP contribution in [0.15, 0.2) is 47.6 Å². The largest absolute Gasteiger partial charge is 0.493 e. The number of nitrogens with one attached hydrogen (secondary N) is 1. The Morgan fingerprint density at radius 1 is 1.14 bits per heavy atom. The zero-order valence-corrected chi connectivity index (χ0v) is 18.0. The molecule has 1 amide bonds. The Hall–Kier alpha value is -3.02. The number of para-hydroxylation sites is 1. The first-order chi connectivity index (χ1) is 13.7. The minimum Gasteiger partial charge on any atom is -0.493 e. The van der Waals surface area contributed by atoms with Crippen molar-refractivity contribution in [3.05, 3.63) is 53.6 Å². The van der Waals surface area contributed by atoms with E-state index in [1.807, 2.05) is 56.3 Å². The number of carbonyl (C=O) groups excluding carboxylic acids is 1. The van der Waals surface area contributed by atoms with Gasteiger partial charge in [0.1, 0.15) is 5.75 Å². The van der Waals surface area contributed by atoms with E-state index in [9.17, 15) is 4.79 Å². The van der Waals surface area contributed by atoms with Crippen LogP contribution in [0.25, 0.3) is 0 Å². The number of hydrazone groups is 1. The van der Waals surface area contributed by atoms with Crippen molar-refractivity contribution in [3.8, 4) is 17.2 Å². The highest BCUT2D eigenvalue weighted by atomic mass is 16.5. The van der Waals surface area contributed by atoms with Crippen LogP contribution >= 0.6 is 0 Å². The monoisotopic (exact) mass is 398 g/mol. The predicted molar refractivity (Wildman–Crippen MR) is 115 cm³/mol. The Labute approximate surface area is 172 Å². The number of hydrogen-bond donors (Lipinski definition) is 1. The van der Waals surface area contributed by atoms with Crippen LogP contribution in [0.1, 0.15) is 45.7 Å². The van der Waals surface area contributed by atoms with Gasteiger partial charge in [-0.3, -0.25) is 4.79 Å². The van der Waals surface area contributed by atoms with Crippen molar-refractivity contribution < 1.29 is 19.0 Å². The maximum Gasteiger partial charge on any atom is 0.277 e. The van der Waals surface area contributed by atoms with E-state index >= 15 is 0 Å². The van der Waals surface area contributed by atoms with Crippen molar-refractivity contribution in [1.82, 2.24) is 5.43 Å². The maximum absolute atomic E-state index is 12.0. The molecule has 0 bridgehead atoms. The zero-order chi connectivity index (χ0) is 21.4. The summed E-state index contributed by atoms with van der Waals surface area (Å²) >= 11 is 0. The van der Waals surface area contributed by atoms with E-state index in [0.29, 0.717) is 22.8 Å². The summed E-state index contributed by atoms with van der Waals surface area (Å²) in [5, 5.41) is 4.00. The van der Waals surface area contributed by atoms with Gasteiger partial charge in [0.05, 0.1) is 19.4 Å². The van der Waals surface area contributed by atoms with E-state index in [2.05, 4.69) is 31.3 Å². The molecule has 29 heavy (non-hydrogen) atoms. The molecule has 0 aliphatic heterocycles. The van der Waals surface area contributed by atoms with E-state index in [4.69, 9.17) is 14.2 Å². The molecule has 0 aromatic heterocycles. The molecule has 156 valence electrons. The summed E-state index contributed by atoms with van der Waals surface area (Å²) in [6.07, 6.45) is 1.50. The third-order valence-corrected chi connectivity index (χ3v) is 4.07. The minimum atomic E-state index is -0.352. The van der Waals surface area contributed by atoms with Gasteiger partial charge in [-0.2, -0.15) is 5.10 Å². The molecule has 0 fully saturated rings. The van der Waals surface area contributed by atoms with E-state index in [0.717, 1.165) is 0 Å². The molecular weight excluding hydrogens is 368 g/mol. The molecule has 0 unspecified atom stereocenters. The maximum atomic E-state index is 12.0. The van der Waals surface area contributed by atoms with Crippen molar-refractivity contribution >= 4 is 12.1 Å². The molecule has 0 heterocycles. The number of carbonyl (C=O) groups is 1. The van der Waals surface area contributed by atoms with E-state index in [1.54, 1.807) is 7.11 Å². The molecule has 0 saturated carbocycles. The summed E-state index contributed by atoms with van der Waals surface area (Å²) in [7, 11) is 1.58. The van der Waals surface area contributed by atoms with Gasteiger partial charge >= 0.3 is 0 Å². The number of ether oxygens (including phenoxy) is 3. The lowest BCUT2D eigenvalue weighted by atomic mass is 9.87. The first kappa shape index (κ1) is 22.3. The first-order valence-corrected chi connectivity index (χ1v) is 9.59. The smallest absolute Gasteiger partial charge is 0.277 e. The van der Waals surface area contributed by atoms with Crippen LogP contribution in [-0.2, 0) is 10.2 Å². The SMILES string of the molecule is COc1cccc(/C=N\NC(=O)COc2ccc(C(C)(C)C)cc2)c1OC(C)C. The number of hydrogen-bond acceptors (Lipinski definition) is 5. The number of nitrogens with zero attached hydrogens (tertiary/aromatic N) is 1. The van der Waals surface area contributed by atoms with Crippen LogP contribution in [0.2, 0.25) is 0 Å². The van der Waals surface area contributed by atoms with Crippen LogP contribution in [-0.4, -0.2) is 31.9 Å². The summed E-state index contributed by atoms with van der Waals surface area (Å²) in [6, 6.07) is 13.2. The Bertz CT molecular complexity index is 837. The molecule has 0 radical (unpaired) electrons. The summed E-state index contributed by atoms with van der Waals surface area (Å²) in [4.78, 5) is 12.0. The van der Waals surface area contributed by atoms with Crippen molar-refractivity contribution in [2.24, 2.45) is 5.10 Å². The average Bonchev–Trinajstić information content (AvgIpc) is 2.66. The highest BCUT2D eigenvalue weighted by Gasteiger charge is 2.13. The Morgan fingerprint density at radius 2 is 1.83 bits per heavy atom. The Morgan fingerprint density at radius 3 is 2.41 bits per heavy atom. The van der Waals surface area contributed by atoms with Gasteiger partial charge in [-0.05, 0) is 49.1 Å². The van der Waals surface area contributed by atoms with Crippen molar-refractivity contribution in [2.45, 2.75) is 46.1 Å². The third kappa shape index (κ3) is 6.82. The number of amides is 1. The van der Waals surface area contributed by atoms with E-state index in [1.165, 1.54) is 11.8 Å². The lowest BCUT2D eigenvalue weighted by Crippen LogP contribution is -2.24. The average molecular weight is 399 g/mol. The van der Waals surface area contributed by atoms with E-state index in [-0.39, 0.29) is 24.0 Å². The van der Waals surface area contributed by atoms with Gasteiger partial charge in [0.15, 0.2) is 18.1 Å². The molecule has 2 rings (SSSR count). The topological polar surface area (TPSA) is 69.2 Å². The fourth-order valence-corrected chi connectivity index (χ4v) is 2.56. The first-order valence-electron chi connectivity index (χ1n) is 9.59. The molecule has 0 saturated heterocycles. The van der Waals surface area contributed by atoms with Crippen LogP contribution in [0.4, 0.5) is 0 Å². The molecular formula is C23H30N2O4. The highest BCUT2D eigenvalue weighted by molar-refractivity contribution is 5.86.